The van der Waals surface area contributed by atoms with Crippen molar-refractivity contribution in [2.75, 3.05) is 0 Å². The molecule has 0 fully saturated rings. The summed E-state index contributed by atoms with van der Waals surface area (Å²) in [7, 11) is 0. The summed E-state index contributed by atoms with van der Waals surface area (Å²) >= 11 is 0. The maximum absolute atomic E-state index is 10.8. The predicted octanol–water partition coefficient (Wildman–Crippen LogP) is 7.34. The van der Waals surface area contributed by atoms with Crippen LogP contribution in [0.25, 0.3) is 33.8 Å². The van der Waals surface area contributed by atoms with Crippen molar-refractivity contribution in [1.82, 2.24) is 9.97 Å². The highest BCUT2D eigenvalue weighted by Gasteiger charge is 2.18. The first kappa shape index (κ1) is 20.7. The maximum atomic E-state index is 10.8. The summed E-state index contributed by atoms with van der Waals surface area (Å²) in [5.41, 5.74) is 7.61. The SMILES string of the molecule is CC(c1ccccc1)c1cccc(O)c1-c1cccc(-c2cccc(-c3ccccn3)c2)n1. The molecule has 1 atom stereocenters. The van der Waals surface area contributed by atoms with E-state index in [1.807, 2.05) is 66.7 Å². The van der Waals surface area contributed by atoms with Crippen molar-refractivity contribution in [3.05, 3.63) is 127 Å². The van der Waals surface area contributed by atoms with Crippen LogP contribution in [0.1, 0.15) is 24.0 Å². The summed E-state index contributed by atoms with van der Waals surface area (Å²) in [6, 6.07) is 36.1. The molecule has 5 rings (SSSR count). The molecule has 3 nitrogen and oxygen atoms in total. The molecule has 1 N–H and O–H groups in total. The molecule has 0 aliphatic rings. The minimum absolute atomic E-state index is 0.117. The zero-order valence-corrected chi connectivity index (χ0v) is 18.4. The summed E-state index contributed by atoms with van der Waals surface area (Å²) in [5, 5.41) is 10.8. The molecule has 1 unspecified atom stereocenters. The third-order valence-electron chi connectivity index (χ3n) is 5.96. The van der Waals surface area contributed by atoms with Gasteiger partial charge in [0.2, 0.25) is 0 Å². The summed E-state index contributed by atoms with van der Waals surface area (Å²) in [6.07, 6.45) is 1.80. The first-order chi connectivity index (χ1) is 16.2. The fraction of sp³-hybridized carbons (Fsp3) is 0.0667. The van der Waals surface area contributed by atoms with E-state index in [-0.39, 0.29) is 11.7 Å². The number of hydrogen-bond donors (Lipinski definition) is 1. The third kappa shape index (κ3) is 4.26. The molecule has 2 heterocycles. The Hall–Kier alpha value is -4.24. The van der Waals surface area contributed by atoms with Crippen LogP contribution in [0.2, 0.25) is 0 Å². The monoisotopic (exact) mass is 428 g/mol. The van der Waals surface area contributed by atoms with Crippen LogP contribution in [-0.2, 0) is 0 Å². The van der Waals surface area contributed by atoms with Gasteiger partial charge in [0.05, 0.1) is 17.1 Å². The summed E-state index contributed by atoms with van der Waals surface area (Å²) < 4.78 is 0. The average molecular weight is 429 g/mol. The summed E-state index contributed by atoms with van der Waals surface area (Å²) in [4.78, 5) is 9.43. The number of pyridine rings is 2. The normalized spacial score (nSPS) is 11.8. The first-order valence-corrected chi connectivity index (χ1v) is 11.1. The summed E-state index contributed by atoms with van der Waals surface area (Å²) in [5.74, 6) is 0.355. The number of phenolic OH excluding ortho intramolecular Hbond substituents is 1. The van der Waals surface area contributed by atoms with Gasteiger partial charge in [-0.3, -0.25) is 4.98 Å². The molecule has 0 amide bonds. The van der Waals surface area contributed by atoms with E-state index >= 15 is 0 Å². The second kappa shape index (κ2) is 9.09. The van der Waals surface area contributed by atoms with Gasteiger partial charge in [0.25, 0.3) is 0 Å². The van der Waals surface area contributed by atoms with Crippen molar-refractivity contribution in [1.29, 1.82) is 0 Å². The maximum Gasteiger partial charge on any atom is 0.125 e. The van der Waals surface area contributed by atoms with Crippen LogP contribution in [0.5, 0.6) is 5.75 Å². The molecular formula is C30H24N2O. The van der Waals surface area contributed by atoms with Gasteiger partial charge < -0.3 is 5.11 Å². The molecule has 0 saturated heterocycles. The van der Waals surface area contributed by atoms with Crippen molar-refractivity contribution in [3.63, 3.8) is 0 Å². The topological polar surface area (TPSA) is 46.0 Å². The molecule has 0 aliphatic carbocycles. The van der Waals surface area contributed by atoms with Crippen molar-refractivity contribution in [2.45, 2.75) is 12.8 Å². The fourth-order valence-electron chi connectivity index (χ4n) is 4.22. The van der Waals surface area contributed by atoms with E-state index in [1.165, 1.54) is 5.56 Å². The number of aromatic hydroxyl groups is 1. The van der Waals surface area contributed by atoms with Crippen LogP contribution in [0.3, 0.4) is 0 Å². The Morgan fingerprint density at radius 3 is 2.09 bits per heavy atom. The van der Waals surface area contributed by atoms with E-state index in [2.05, 4.69) is 48.3 Å². The molecule has 0 radical (unpaired) electrons. The van der Waals surface area contributed by atoms with E-state index in [9.17, 15) is 5.11 Å². The second-order valence-electron chi connectivity index (χ2n) is 8.08. The first-order valence-electron chi connectivity index (χ1n) is 11.1. The van der Waals surface area contributed by atoms with E-state index in [1.54, 1.807) is 12.3 Å². The Morgan fingerprint density at radius 2 is 1.30 bits per heavy atom. The molecule has 3 aromatic carbocycles. The van der Waals surface area contributed by atoms with Gasteiger partial charge in [-0.1, -0.05) is 79.7 Å². The number of nitrogens with zero attached hydrogens (tertiary/aromatic N) is 2. The van der Waals surface area contributed by atoms with Crippen molar-refractivity contribution >= 4 is 0 Å². The lowest BCUT2D eigenvalue weighted by Gasteiger charge is -2.18. The van der Waals surface area contributed by atoms with Gasteiger partial charge in [0, 0.05) is 28.8 Å². The smallest absolute Gasteiger partial charge is 0.125 e. The quantitative estimate of drug-likeness (QED) is 0.319. The van der Waals surface area contributed by atoms with Gasteiger partial charge in [0.1, 0.15) is 5.75 Å². The lowest BCUT2D eigenvalue weighted by Crippen LogP contribution is -2.00. The minimum atomic E-state index is 0.117. The highest BCUT2D eigenvalue weighted by Crippen LogP contribution is 2.38. The number of aromatic nitrogens is 2. The van der Waals surface area contributed by atoms with E-state index in [0.717, 1.165) is 39.3 Å². The predicted molar refractivity (Wildman–Crippen MR) is 134 cm³/mol. The molecule has 2 aromatic heterocycles. The van der Waals surface area contributed by atoms with Gasteiger partial charge in [-0.25, -0.2) is 4.98 Å². The minimum Gasteiger partial charge on any atom is -0.507 e. The molecule has 3 heteroatoms. The van der Waals surface area contributed by atoms with Crippen LogP contribution in [-0.4, -0.2) is 15.1 Å². The second-order valence-corrected chi connectivity index (χ2v) is 8.08. The van der Waals surface area contributed by atoms with E-state index in [0.29, 0.717) is 0 Å². The van der Waals surface area contributed by atoms with Crippen LogP contribution < -0.4 is 0 Å². The fourth-order valence-corrected chi connectivity index (χ4v) is 4.22. The standard InChI is InChI=1S/C30H24N2O/c1-21(22-10-3-2-4-11-22)25-14-8-18-29(33)30(25)28-17-9-16-27(32-28)24-13-7-12-23(20-24)26-15-5-6-19-31-26/h2-21,33H,1H3. The van der Waals surface area contributed by atoms with Crippen LogP contribution in [0.4, 0.5) is 0 Å². The Bertz CT molecular complexity index is 1380. The van der Waals surface area contributed by atoms with Crippen LogP contribution in [0, 0.1) is 0 Å². The molecule has 0 aliphatic heterocycles. The van der Waals surface area contributed by atoms with Gasteiger partial charge in [-0.2, -0.15) is 0 Å². The molecule has 0 bridgehead atoms. The van der Waals surface area contributed by atoms with Crippen LogP contribution >= 0.6 is 0 Å². The van der Waals surface area contributed by atoms with Crippen molar-refractivity contribution < 1.29 is 5.11 Å². The average Bonchev–Trinajstić information content (AvgIpc) is 2.89. The van der Waals surface area contributed by atoms with Gasteiger partial charge in [-0.05, 0) is 47.5 Å². The van der Waals surface area contributed by atoms with E-state index in [4.69, 9.17) is 4.98 Å². The zero-order chi connectivity index (χ0) is 22.6. The zero-order valence-electron chi connectivity index (χ0n) is 18.4. The lowest BCUT2D eigenvalue weighted by molar-refractivity contribution is 0.476. The Kier molecular flexibility index (Phi) is 5.69. The Morgan fingerprint density at radius 1 is 0.636 bits per heavy atom. The molecule has 33 heavy (non-hydrogen) atoms. The van der Waals surface area contributed by atoms with Crippen molar-refractivity contribution in [2.24, 2.45) is 0 Å². The Balaban J connectivity index is 1.58. The molecule has 5 aromatic rings. The molecule has 0 saturated carbocycles. The third-order valence-corrected chi connectivity index (χ3v) is 5.96. The summed E-state index contributed by atoms with van der Waals surface area (Å²) in [6.45, 7) is 2.16. The number of benzene rings is 3. The Labute approximate surface area is 194 Å². The van der Waals surface area contributed by atoms with Gasteiger partial charge >= 0.3 is 0 Å². The highest BCUT2D eigenvalue weighted by atomic mass is 16.3. The van der Waals surface area contributed by atoms with E-state index < -0.39 is 0 Å². The molecular weight excluding hydrogens is 404 g/mol. The van der Waals surface area contributed by atoms with Crippen molar-refractivity contribution in [3.8, 4) is 39.5 Å². The lowest BCUT2D eigenvalue weighted by atomic mass is 9.88. The number of rotatable bonds is 5. The van der Waals surface area contributed by atoms with Gasteiger partial charge in [-0.15, -0.1) is 0 Å². The number of hydrogen-bond acceptors (Lipinski definition) is 3. The van der Waals surface area contributed by atoms with Crippen LogP contribution in [0.15, 0.2) is 115 Å². The largest absolute Gasteiger partial charge is 0.507 e. The number of phenols is 1. The van der Waals surface area contributed by atoms with Gasteiger partial charge in [0.15, 0.2) is 0 Å². The molecule has 0 spiro atoms. The molecule has 160 valence electrons. The highest BCUT2D eigenvalue weighted by molar-refractivity contribution is 5.75.